The van der Waals surface area contributed by atoms with Crippen LogP contribution in [0.3, 0.4) is 0 Å². The molecule has 0 saturated heterocycles. The highest BCUT2D eigenvalue weighted by atomic mass is 14.9. The highest BCUT2D eigenvalue weighted by Gasteiger charge is 2.16. The van der Waals surface area contributed by atoms with Crippen molar-refractivity contribution in [1.29, 1.82) is 0 Å². The van der Waals surface area contributed by atoms with Crippen molar-refractivity contribution in [2.75, 3.05) is 7.05 Å². The fourth-order valence-electron chi connectivity index (χ4n) is 2.93. The predicted octanol–water partition coefficient (Wildman–Crippen LogP) is 3.38. The predicted molar refractivity (Wildman–Crippen MR) is 88.1 cm³/mol. The smallest absolute Gasteiger partial charge is 0.129 e. The molecule has 0 radical (unpaired) electrons. The first-order chi connectivity index (χ1) is 10.2. The molecule has 1 aliphatic carbocycles. The van der Waals surface area contributed by atoms with Gasteiger partial charge in [0.2, 0.25) is 0 Å². The van der Waals surface area contributed by atoms with Gasteiger partial charge in [0.15, 0.2) is 0 Å². The molecule has 1 fully saturated rings. The summed E-state index contributed by atoms with van der Waals surface area (Å²) < 4.78 is 0. The Morgan fingerprint density at radius 3 is 2.81 bits per heavy atom. The molecule has 0 atom stereocenters. The SMILES string of the molecule is CC/C(N)=C(\C=NC)c1ccnc(CC2CCCCC2)n1. The Morgan fingerprint density at radius 2 is 2.14 bits per heavy atom. The van der Waals surface area contributed by atoms with Crippen LogP contribution in [0, 0.1) is 5.92 Å². The number of hydrogen-bond donors (Lipinski definition) is 1. The largest absolute Gasteiger partial charge is 0.401 e. The normalized spacial score (nSPS) is 18.0. The van der Waals surface area contributed by atoms with Crippen LogP contribution in [0.1, 0.15) is 57.0 Å². The summed E-state index contributed by atoms with van der Waals surface area (Å²) in [6.07, 6.45) is 12.1. The van der Waals surface area contributed by atoms with Crippen molar-refractivity contribution in [3.63, 3.8) is 0 Å². The van der Waals surface area contributed by atoms with Crippen LogP contribution in [0.2, 0.25) is 0 Å². The van der Waals surface area contributed by atoms with Crippen LogP contribution < -0.4 is 5.73 Å². The molecule has 21 heavy (non-hydrogen) atoms. The van der Waals surface area contributed by atoms with Crippen molar-refractivity contribution in [3.05, 3.63) is 29.5 Å². The maximum absolute atomic E-state index is 6.10. The Morgan fingerprint density at radius 1 is 1.38 bits per heavy atom. The number of hydrogen-bond acceptors (Lipinski definition) is 4. The van der Waals surface area contributed by atoms with Crippen molar-refractivity contribution in [3.8, 4) is 0 Å². The quantitative estimate of drug-likeness (QED) is 0.844. The summed E-state index contributed by atoms with van der Waals surface area (Å²) in [4.78, 5) is 13.3. The molecule has 0 unspecified atom stereocenters. The van der Waals surface area contributed by atoms with Gasteiger partial charge in [-0.2, -0.15) is 0 Å². The van der Waals surface area contributed by atoms with Gasteiger partial charge in [0.1, 0.15) is 5.82 Å². The van der Waals surface area contributed by atoms with Crippen molar-refractivity contribution >= 4 is 11.8 Å². The summed E-state index contributed by atoms with van der Waals surface area (Å²) in [5, 5.41) is 0. The zero-order valence-electron chi connectivity index (χ0n) is 13.2. The highest BCUT2D eigenvalue weighted by molar-refractivity contribution is 6.09. The fourth-order valence-corrected chi connectivity index (χ4v) is 2.93. The average molecular weight is 286 g/mol. The minimum Gasteiger partial charge on any atom is -0.401 e. The summed E-state index contributed by atoms with van der Waals surface area (Å²) in [6.45, 7) is 2.04. The molecular formula is C17H26N4. The first-order valence-electron chi connectivity index (χ1n) is 7.97. The Balaban J connectivity index is 2.19. The molecule has 1 heterocycles. The van der Waals surface area contributed by atoms with Gasteiger partial charge in [0, 0.05) is 37.2 Å². The fraction of sp³-hybridized carbons (Fsp3) is 0.588. The summed E-state index contributed by atoms with van der Waals surface area (Å²) in [7, 11) is 1.76. The zero-order valence-corrected chi connectivity index (χ0v) is 13.2. The van der Waals surface area contributed by atoms with E-state index in [0.717, 1.165) is 41.5 Å². The number of nitrogens with zero attached hydrogens (tertiary/aromatic N) is 3. The molecule has 0 bridgehead atoms. The third kappa shape index (κ3) is 4.38. The molecule has 1 saturated carbocycles. The van der Waals surface area contributed by atoms with Crippen molar-refractivity contribution in [1.82, 2.24) is 9.97 Å². The molecule has 114 valence electrons. The Labute approximate surface area is 127 Å². The van der Waals surface area contributed by atoms with Gasteiger partial charge in [-0.25, -0.2) is 9.97 Å². The second kappa shape index (κ2) is 7.91. The van der Waals surface area contributed by atoms with E-state index in [2.05, 4.69) is 9.98 Å². The minimum atomic E-state index is 0.741. The summed E-state index contributed by atoms with van der Waals surface area (Å²) in [5.41, 5.74) is 8.73. The van der Waals surface area contributed by atoms with Gasteiger partial charge in [-0.3, -0.25) is 4.99 Å². The molecule has 0 amide bonds. The third-order valence-corrected chi connectivity index (χ3v) is 4.16. The molecule has 2 rings (SSSR count). The Hall–Kier alpha value is -1.71. The van der Waals surface area contributed by atoms with E-state index in [-0.39, 0.29) is 0 Å². The first kappa shape index (κ1) is 15.7. The van der Waals surface area contributed by atoms with E-state index < -0.39 is 0 Å². The lowest BCUT2D eigenvalue weighted by molar-refractivity contribution is 0.351. The molecule has 1 aliphatic rings. The summed E-state index contributed by atoms with van der Waals surface area (Å²) in [6, 6.07) is 1.92. The van der Waals surface area contributed by atoms with Crippen molar-refractivity contribution < 1.29 is 0 Å². The monoisotopic (exact) mass is 286 g/mol. The highest BCUT2D eigenvalue weighted by Crippen LogP contribution is 2.26. The standard InChI is InChI=1S/C17H26N4/c1-3-15(18)14(12-19-2)16-9-10-20-17(21-16)11-13-7-5-4-6-8-13/h9-10,12-13H,3-8,11,18H2,1-2H3/b15-14-,19-12?. The van der Waals surface area contributed by atoms with E-state index in [9.17, 15) is 0 Å². The van der Waals surface area contributed by atoms with Gasteiger partial charge in [-0.05, 0) is 18.4 Å². The number of allylic oxidation sites excluding steroid dienone is 2. The maximum atomic E-state index is 6.10. The lowest BCUT2D eigenvalue weighted by Crippen LogP contribution is -2.12. The van der Waals surface area contributed by atoms with Gasteiger partial charge < -0.3 is 5.73 Å². The second-order valence-corrected chi connectivity index (χ2v) is 5.75. The van der Waals surface area contributed by atoms with Crippen LogP contribution in [-0.2, 0) is 6.42 Å². The summed E-state index contributed by atoms with van der Waals surface area (Å²) >= 11 is 0. The molecule has 1 aromatic heterocycles. The molecular weight excluding hydrogens is 260 g/mol. The van der Waals surface area contributed by atoms with Crippen molar-refractivity contribution in [2.24, 2.45) is 16.6 Å². The lowest BCUT2D eigenvalue weighted by Gasteiger charge is -2.20. The third-order valence-electron chi connectivity index (χ3n) is 4.16. The van der Waals surface area contributed by atoms with E-state index in [0.29, 0.717) is 0 Å². The molecule has 4 nitrogen and oxygen atoms in total. The van der Waals surface area contributed by atoms with Crippen LogP contribution >= 0.6 is 0 Å². The van der Waals surface area contributed by atoms with Gasteiger partial charge in [-0.1, -0.05) is 39.0 Å². The second-order valence-electron chi connectivity index (χ2n) is 5.75. The topological polar surface area (TPSA) is 64.2 Å². The van der Waals surface area contributed by atoms with E-state index in [1.807, 2.05) is 19.2 Å². The van der Waals surface area contributed by atoms with E-state index >= 15 is 0 Å². The van der Waals surface area contributed by atoms with Crippen molar-refractivity contribution in [2.45, 2.75) is 51.9 Å². The molecule has 0 spiro atoms. The van der Waals surface area contributed by atoms with Crippen LogP contribution in [0.25, 0.3) is 5.57 Å². The average Bonchev–Trinajstić information content (AvgIpc) is 2.53. The number of rotatable bonds is 5. The Kier molecular flexibility index (Phi) is 5.90. The van der Waals surface area contributed by atoms with Crippen LogP contribution in [0.15, 0.2) is 23.0 Å². The molecule has 4 heteroatoms. The van der Waals surface area contributed by atoms with Gasteiger partial charge in [-0.15, -0.1) is 0 Å². The van der Waals surface area contributed by atoms with E-state index in [1.54, 1.807) is 13.3 Å². The van der Waals surface area contributed by atoms with E-state index in [1.165, 1.54) is 32.1 Å². The van der Waals surface area contributed by atoms with Crippen LogP contribution in [0.4, 0.5) is 0 Å². The maximum Gasteiger partial charge on any atom is 0.129 e. The molecule has 0 aromatic carbocycles. The number of nitrogens with two attached hydrogens (primary N) is 1. The van der Waals surface area contributed by atoms with E-state index in [4.69, 9.17) is 10.7 Å². The minimum absolute atomic E-state index is 0.741. The Bertz CT molecular complexity index is 513. The molecule has 2 N–H and O–H groups in total. The number of aliphatic imine (C=N–C) groups is 1. The zero-order chi connectivity index (χ0) is 15.1. The summed E-state index contributed by atoms with van der Waals surface area (Å²) in [5.74, 6) is 1.68. The van der Waals surface area contributed by atoms with Crippen LogP contribution in [0.5, 0.6) is 0 Å². The van der Waals surface area contributed by atoms with Gasteiger partial charge >= 0.3 is 0 Å². The number of aromatic nitrogens is 2. The lowest BCUT2D eigenvalue weighted by atomic mass is 9.87. The molecule has 1 aromatic rings. The van der Waals surface area contributed by atoms with Gasteiger partial charge in [0.25, 0.3) is 0 Å². The van der Waals surface area contributed by atoms with Gasteiger partial charge in [0.05, 0.1) is 5.69 Å². The van der Waals surface area contributed by atoms with Crippen LogP contribution in [-0.4, -0.2) is 23.2 Å². The first-order valence-corrected chi connectivity index (χ1v) is 7.97. The molecule has 0 aliphatic heterocycles.